The molecule has 0 aliphatic carbocycles. The Hall–Kier alpha value is -0.160. The molecule has 0 bridgehead atoms. The minimum absolute atomic E-state index is 0.452. The van der Waals surface area contributed by atoms with Gasteiger partial charge in [-0.1, -0.05) is 6.92 Å². The molecule has 0 aromatic carbocycles. The van der Waals surface area contributed by atoms with Crippen LogP contribution in [-0.4, -0.2) is 57.0 Å². The average molecular weight is 230 g/mol. The Morgan fingerprint density at radius 1 is 1.50 bits per heavy atom. The monoisotopic (exact) mass is 230 g/mol. The lowest BCUT2D eigenvalue weighted by molar-refractivity contribution is 0.0761. The lowest BCUT2D eigenvalue weighted by Gasteiger charge is -2.33. The van der Waals surface area contributed by atoms with E-state index in [4.69, 9.17) is 15.2 Å². The number of ether oxygens (including phenoxy) is 2. The summed E-state index contributed by atoms with van der Waals surface area (Å²) >= 11 is 0. The van der Waals surface area contributed by atoms with Crippen molar-refractivity contribution in [3.8, 4) is 0 Å². The maximum atomic E-state index is 5.90. The molecule has 2 atom stereocenters. The fourth-order valence-corrected chi connectivity index (χ4v) is 2.38. The van der Waals surface area contributed by atoms with Gasteiger partial charge in [-0.05, 0) is 19.9 Å². The molecule has 1 fully saturated rings. The lowest BCUT2D eigenvalue weighted by atomic mass is 9.97. The van der Waals surface area contributed by atoms with Gasteiger partial charge < -0.3 is 15.2 Å². The van der Waals surface area contributed by atoms with Crippen LogP contribution in [0.15, 0.2) is 0 Å². The molecule has 0 aromatic heterocycles. The summed E-state index contributed by atoms with van der Waals surface area (Å²) in [6.45, 7) is 10.3. The molecule has 1 rings (SSSR count). The van der Waals surface area contributed by atoms with Gasteiger partial charge in [-0.2, -0.15) is 0 Å². The van der Waals surface area contributed by atoms with Crippen LogP contribution in [0.5, 0.6) is 0 Å². The van der Waals surface area contributed by atoms with Crippen molar-refractivity contribution >= 4 is 0 Å². The zero-order chi connectivity index (χ0) is 11.8. The highest BCUT2D eigenvalue weighted by Crippen LogP contribution is 2.20. The first-order valence-electron chi connectivity index (χ1n) is 6.43. The van der Waals surface area contributed by atoms with Crippen molar-refractivity contribution in [3.05, 3.63) is 0 Å². The summed E-state index contributed by atoms with van der Waals surface area (Å²) in [5, 5.41) is 0. The molecule has 0 aromatic rings. The van der Waals surface area contributed by atoms with Gasteiger partial charge >= 0.3 is 0 Å². The van der Waals surface area contributed by atoms with Crippen molar-refractivity contribution in [1.29, 1.82) is 0 Å². The van der Waals surface area contributed by atoms with Crippen molar-refractivity contribution in [3.63, 3.8) is 0 Å². The maximum Gasteiger partial charge on any atom is 0.0593 e. The third-order valence-corrected chi connectivity index (χ3v) is 3.35. The number of hydrogen-bond donors (Lipinski definition) is 1. The smallest absolute Gasteiger partial charge is 0.0593 e. The molecule has 1 saturated heterocycles. The first-order valence-corrected chi connectivity index (χ1v) is 6.43. The van der Waals surface area contributed by atoms with E-state index in [-0.39, 0.29) is 0 Å². The molecule has 1 aliphatic rings. The van der Waals surface area contributed by atoms with Crippen LogP contribution >= 0.6 is 0 Å². The summed E-state index contributed by atoms with van der Waals surface area (Å²) < 4.78 is 10.9. The van der Waals surface area contributed by atoms with Crippen LogP contribution in [0.1, 0.15) is 20.3 Å². The van der Waals surface area contributed by atoms with Crippen LogP contribution in [0.2, 0.25) is 0 Å². The highest BCUT2D eigenvalue weighted by Gasteiger charge is 2.28. The van der Waals surface area contributed by atoms with Crippen LogP contribution in [0.25, 0.3) is 0 Å². The molecule has 4 heteroatoms. The fraction of sp³-hybridized carbons (Fsp3) is 1.00. The minimum atomic E-state index is 0.452. The molecule has 0 saturated carbocycles. The molecular weight excluding hydrogens is 204 g/mol. The summed E-state index contributed by atoms with van der Waals surface area (Å²) in [4.78, 5) is 2.43. The zero-order valence-electron chi connectivity index (χ0n) is 10.7. The van der Waals surface area contributed by atoms with Gasteiger partial charge in [0.25, 0.3) is 0 Å². The van der Waals surface area contributed by atoms with E-state index in [1.165, 1.54) is 0 Å². The van der Waals surface area contributed by atoms with E-state index in [1.54, 1.807) is 0 Å². The van der Waals surface area contributed by atoms with Gasteiger partial charge in [0.1, 0.15) is 0 Å². The third-order valence-electron chi connectivity index (χ3n) is 3.35. The number of likely N-dealkylation sites (N-methyl/N-ethyl adjacent to an activating group) is 1. The van der Waals surface area contributed by atoms with Gasteiger partial charge in [0, 0.05) is 38.3 Å². The van der Waals surface area contributed by atoms with E-state index in [9.17, 15) is 0 Å². The topological polar surface area (TPSA) is 47.7 Å². The molecule has 1 heterocycles. The van der Waals surface area contributed by atoms with Crippen molar-refractivity contribution in [2.45, 2.75) is 26.3 Å². The second-order valence-corrected chi connectivity index (χ2v) is 4.25. The van der Waals surface area contributed by atoms with Gasteiger partial charge in [-0.25, -0.2) is 0 Å². The Morgan fingerprint density at radius 2 is 2.31 bits per heavy atom. The second kappa shape index (κ2) is 8.01. The predicted molar refractivity (Wildman–Crippen MR) is 65.5 cm³/mol. The number of nitrogens with zero attached hydrogens (tertiary/aromatic N) is 1. The molecule has 4 nitrogen and oxygen atoms in total. The molecule has 2 unspecified atom stereocenters. The lowest BCUT2D eigenvalue weighted by Crippen LogP contribution is -2.47. The number of nitrogens with two attached hydrogens (primary N) is 1. The molecule has 0 spiro atoms. The Morgan fingerprint density at radius 3 is 2.81 bits per heavy atom. The largest absolute Gasteiger partial charge is 0.381 e. The van der Waals surface area contributed by atoms with Crippen molar-refractivity contribution in [1.82, 2.24) is 4.90 Å². The zero-order valence-corrected chi connectivity index (χ0v) is 10.7. The van der Waals surface area contributed by atoms with E-state index in [0.717, 1.165) is 45.9 Å². The number of hydrogen-bond acceptors (Lipinski definition) is 4. The van der Waals surface area contributed by atoms with Gasteiger partial charge in [0.05, 0.1) is 13.2 Å². The van der Waals surface area contributed by atoms with Crippen molar-refractivity contribution < 1.29 is 9.47 Å². The number of rotatable bonds is 8. The van der Waals surface area contributed by atoms with E-state index in [0.29, 0.717) is 18.5 Å². The SMILES string of the molecule is CCOCCN(CC)C(CN)C1CCOC1. The van der Waals surface area contributed by atoms with Crippen LogP contribution in [0.3, 0.4) is 0 Å². The van der Waals surface area contributed by atoms with Gasteiger partial charge in [-0.15, -0.1) is 0 Å². The van der Waals surface area contributed by atoms with Crippen LogP contribution < -0.4 is 5.73 Å². The van der Waals surface area contributed by atoms with E-state index in [1.807, 2.05) is 6.92 Å². The normalized spacial score (nSPS) is 22.9. The Bertz CT molecular complexity index is 172. The minimum Gasteiger partial charge on any atom is -0.381 e. The second-order valence-electron chi connectivity index (χ2n) is 4.25. The molecule has 1 aliphatic heterocycles. The first kappa shape index (κ1) is 13.9. The summed E-state index contributed by atoms with van der Waals surface area (Å²) in [5.41, 5.74) is 5.90. The molecule has 2 N–H and O–H groups in total. The molecule has 16 heavy (non-hydrogen) atoms. The summed E-state index contributed by atoms with van der Waals surface area (Å²) in [7, 11) is 0. The highest BCUT2D eigenvalue weighted by atomic mass is 16.5. The molecule has 0 radical (unpaired) electrons. The van der Waals surface area contributed by atoms with Gasteiger partial charge in [0.2, 0.25) is 0 Å². The quantitative estimate of drug-likeness (QED) is 0.624. The molecular formula is C12H26N2O2. The summed E-state index contributed by atoms with van der Waals surface area (Å²) in [6, 6.07) is 0.452. The first-order chi connectivity index (χ1) is 7.83. The summed E-state index contributed by atoms with van der Waals surface area (Å²) in [5.74, 6) is 0.603. The summed E-state index contributed by atoms with van der Waals surface area (Å²) in [6.07, 6.45) is 1.15. The highest BCUT2D eigenvalue weighted by molar-refractivity contribution is 4.82. The van der Waals surface area contributed by atoms with Gasteiger partial charge in [0.15, 0.2) is 0 Å². The molecule has 0 amide bonds. The van der Waals surface area contributed by atoms with Gasteiger partial charge in [-0.3, -0.25) is 4.90 Å². The van der Waals surface area contributed by atoms with Crippen molar-refractivity contribution in [2.75, 3.05) is 46.1 Å². The van der Waals surface area contributed by atoms with E-state index < -0.39 is 0 Å². The Kier molecular flexibility index (Phi) is 6.96. The Labute approximate surface area is 99.1 Å². The third kappa shape index (κ3) is 4.01. The van der Waals surface area contributed by atoms with Crippen LogP contribution in [0, 0.1) is 5.92 Å². The average Bonchev–Trinajstić information content (AvgIpc) is 2.82. The maximum absolute atomic E-state index is 5.90. The van der Waals surface area contributed by atoms with E-state index >= 15 is 0 Å². The predicted octanol–water partition coefficient (Wildman–Crippen LogP) is 0.709. The van der Waals surface area contributed by atoms with Crippen LogP contribution in [-0.2, 0) is 9.47 Å². The Balaban J connectivity index is 2.39. The molecule has 96 valence electrons. The van der Waals surface area contributed by atoms with Crippen molar-refractivity contribution in [2.24, 2.45) is 11.7 Å². The fourth-order valence-electron chi connectivity index (χ4n) is 2.38. The van der Waals surface area contributed by atoms with E-state index in [2.05, 4.69) is 11.8 Å². The van der Waals surface area contributed by atoms with Crippen LogP contribution in [0.4, 0.5) is 0 Å². The standard InChI is InChI=1S/C12H26N2O2/c1-3-14(6-8-15-4-2)12(9-13)11-5-7-16-10-11/h11-12H,3-10,13H2,1-2H3.